The minimum Gasteiger partial charge on any atom is -0.382 e. The number of hydrogen-bond acceptors (Lipinski definition) is 5. The van der Waals surface area contributed by atoms with Crippen LogP contribution in [0.1, 0.15) is 41.9 Å². The number of imidazole rings is 1. The van der Waals surface area contributed by atoms with E-state index in [-0.39, 0.29) is 11.9 Å². The van der Waals surface area contributed by atoms with Gasteiger partial charge in [0.2, 0.25) is 0 Å². The van der Waals surface area contributed by atoms with E-state index >= 15 is 0 Å². The third-order valence-corrected chi connectivity index (χ3v) is 7.17. The number of rotatable bonds is 3. The summed E-state index contributed by atoms with van der Waals surface area (Å²) in [5, 5.41) is 20.1. The van der Waals surface area contributed by atoms with Gasteiger partial charge in [-0.15, -0.1) is 11.3 Å². The van der Waals surface area contributed by atoms with Crippen molar-refractivity contribution in [1.29, 1.82) is 0 Å². The SMILES string of the molecule is Cn1ccnc1C1(O)CC2CCCN(C(=O)c3csc(-c4cn[nH]c4)c3)C2C1. The third kappa shape index (κ3) is 2.79. The van der Waals surface area contributed by atoms with Crippen molar-refractivity contribution in [2.24, 2.45) is 13.0 Å². The zero-order chi connectivity index (χ0) is 19.3. The Hall–Kier alpha value is -2.45. The number of aliphatic hydroxyl groups is 1. The van der Waals surface area contributed by atoms with Crippen molar-refractivity contribution in [1.82, 2.24) is 24.6 Å². The fourth-order valence-electron chi connectivity index (χ4n) is 4.91. The van der Waals surface area contributed by atoms with E-state index in [4.69, 9.17) is 0 Å². The van der Waals surface area contributed by atoms with Crippen molar-refractivity contribution >= 4 is 17.2 Å². The molecule has 3 aromatic rings. The molecular weight excluding hydrogens is 374 g/mol. The van der Waals surface area contributed by atoms with E-state index in [0.29, 0.717) is 30.1 Å². The van der Waals surface area contributed by atoms with E-state index in [1.807, 2.05) is 40.4 Å². The molecule has 1 saturated carbocycles. The molecule has 3 atom stereocenters. The van der Waals surface area contributed by atoms with E-state index in [9.17, 15) is 9.90 Å². The average molecular weight is 398 g/mol. The number of carbonyl (C=O) groups excluding carboxylic acids is 1. The van der Waals surface area contributed by atoms with Crippen LogP contribution in [0.2, 0.25) is 0 Å². The molecule has 2 N–H and O–H groups in total. The van der Waals surface area contributed by atoms with Crippen LogP contribution < -0.4 is 0 Å². The molecule has 8 heteroatoms. The molecule has 0 bridgehead atoms. The fourth-order valence-corrected chi connectivity index (χ4v) is 5.78. The molecule has 3 aromatic heterocycles. The summed E-state index contributed by atoms with van der Waals surface area (Å²) in [5.41, 5.74) is 0.743. The Morgan fingerprint density at radius 2 is 2.32 bits per heavy atom. The highest BCUT2D eigenvalue weighted by Gasteiger charge is 2.51. The Balaban J connectivity index is 1.40. The van der Waals surface area contributed by atoms with Gasteiger partial charge in [-0.2, -0.15) is 5.10 Å². The second-order valence-electron chi connectivity index (χ2n) is 7.96. The van der Waals surface area contributed by atoms with Crippen LogP contribution in [-0.4, -0.2) is 48.2 Å². The van der Waals surface area contributed by atoms with Gasteiger partial charge in [0.1, 0.15) is 11.4 Å². The maximum Gasteiger partial charge on any atom is 0.254 e. The van der Waals surface area contributed by atoms with Gasteiger partial charge >= 0.3 is 0 Å². The molecule has 146 valence electrons. The number of nitrogens with one attached hydrogen (secondary N) is 1. The summed E-state index contributed by atoms with van der Waals surface area (Å²) in [6.45, 7) is 0.744. The third-order valence-electron chi connectivity index (χ3n) is 6.19. The van der Waals surface area contributed by atoms with Crippen LogP contribution in [0.15, 0.2) is 36.2 Å². The largest absolute Gasteiger partial charge is 0.382 e. The quantitative estimate of drug-likeness (QED) is 0.711. The molecule has 2 fully saturated rings. The van der Waals surface area contributed by atoms with E-state index in [1.54, 1.807) is 23.7 Å². The molecule has 1 saturated heterocycles. The molecular formula is C20H23N5O2S. The zero-order valence-corrected chi connectivity index (χ0v) is 16.5. The van der Waals surface area contributed by atoms with Crippen molar-refractivity contribution in [2.75, 3.05) is 6.54 Å². The molecule has 2 aliphatic rings. The molecule has 0 spiro atoms. The summed E-state index contributed by atoms with van der Waals surface area (Å²) in [4.78, 5) is 20.7. The number of likely N-dealkylation sites (tertiary alicyclic amines) is 1. The van der Waals surface area contributed by atoms with Gasteiger partial charge in [-0.25, -0.2) is 4.98 Å². The molecule has 1 aliphatic heterocycles. The van der Waals surface area contributed by atoms with Gasteiger partial charge in [0, 0.05) is 60.5 Å². The predicted octanol–water partition coefficient (Wildman–Crippen LogP) is 2.77. The Morgan fingerprint density at radius 1 is 1.43 bits per heavy atom. The second-order valence-corrected chi connectivity index (χ2v) is 8.87. The summed E-state index contributed by atoms with van der Waals surface area (Å²) in [6, 6.07) is 2.00. The highest BCUT2D eigenvalue weighted by atomic mass is 32.1. The lowest BCUT2D eigenvalue weighted by molar-refractivity contribution is 0.0229. The first kappa shape index (κ1) is 17.6. The monoisotopic (exact) mass is 397 g/mol. The molecule has 3 unspecified atom stereocenters. The van der Waals surface area contributed by atoms with Crippen LogP contribution in [0.25, 0.3) is 10.4 Å². The summed E-state index contributed by atoms with van der Waals surface area (Å²) in [7, 11) is 1.91. The topological polar surface area (TPSA) is 87.0 Å². The van der Waals surface area contributed by atoms with Gasteiger partial charge in [0.05, 0.1) is 11.8 Å². The maximum atomic E-state index is 13.3. The second kappa shape index (κ2) is 6.56. The summed E-state index contributed by atoms with van der Waals surface area (Å²) in [6.07, 6.45) is 10.4. The lowest BCUT2D eigenvalue weighted by Crippen LogP contribution is -2.46. The maximum absolute atomic E-state index is 13.3. The molecule has 0 aromatic carbocycles. The van der Waals surface area contributed by atoms with Crippen LogP contribution in [0, 0.1) is 5.92 Å². The van der Waals surface area contributed by atoms with E-state index < -0.39 is 5.60 Å². The Bertz CT molecular complexity index is 994. The number of nitrogens with zero attached hydrogens (tertiary/aromatic N) is 4. The van der Waals surface area contributed by atoms with Crippen LogP contribution in [0.4, 0.5) is 0 Å². The number of carbonyl (C=O) groups is 1. The highest BCUT2D eigenvalue weighted by Crippen LogP contribution is 2.47. The summed E-state index contributed by atoms with van der Waals surface area (Å²) in [5.74, 6) is 1.07. The lowest BCUT2D eigenvalue weighted by Gasteiger charge is -2.37. The van der Waals surface area contributed by atoms with Gasteiger partial charge in [0.25, 0.3) is 5.91 Å². The number of piperidine rings is 1. The number of amides is 1. The first-order valence-corrected chi connectivity index (χ1v) is 10.5. The minimum absolute atomic E-state index is 0.0558. The number of H-pyrrole nitrogens is 1. The summed E-state index contributed by atoms with van der Waals surface area (Å²) >= 11 is 1.55. The van der Waals surface area contributed by atoms with Gasteiger partial charge in [-0.05, 0) is 31.2 Å². The van der Waals surface area contributed by atoms with Gasteiger partial charge in [-0.3, -0.25) is 9.89 Å². The molecule has 1 aliphatic carbocycles. The molecule has 5 rings (SSSR count). The van der Waals surface area contributed by atoms with E-state index in [2.05, 4.69) is 15.2 Å². The average Bonchev–Trinajstić information content (AvgIpc) is 3.45. The number of fused-ring (bicyclic) bond motifs is 1. The molecule has 0 radical (unpaired) electrons. The first-order chi connectivity index (χ1) is 13.5. The van der Waals surface area contributed by atoms with Gasteiger partial charge in [-0.1, -0.05) is 0 Å². The van der Waals surface area contributed by atoms with Gasteiger partial charge in [0.15, 0.2) is 0 Å². The number of aromatic amines is 1. The van der Waals surface area contributed by atoms with Gasteiger partial charge < -0.3 is 14.6 Å². The lowest BCUT2D eigenvalue weighted by atomic mass is 9.91. The number of aromatic nitrogens is 4. The van der Waals surface area contributed by atoms with Crippen LogP contribution in [-0.2, 0) is 12.6 Å². The standard InChI is InChI=1S/C20H23N5O2S/c1-24-6-4-21-19(24)20(27)8-13-3-2-5-25(16(13)9-20)18(26)14-7-17(28-12-14)15-10-22-23-11-15/h4,6-7,10-13,16,27H,2-3,5,8-9H2,1H3,(H,22,23). The molecule has 7 nitrogen and oxygen atoms in total. The fraction of sp³-hybridized carbons (Fsp3) is 0.450. The normalized spacial score (nSPS) is 27.1. The Kier molecular flexibility index (Phi) is 4.13. The minimum atomic E-state index is -0.965. The van der Waals surface area contributed by atoms with Crippen molar-refractivity contribution in [3.63, 3.8) is 0 Å². The predicted molar refractivity (Wildman–Crippen MR) is 106 cm³/mol. The number of aryl methyl sites for hydroxylation is 1. The molecule has 1 amide bonds. The van der Waals surface area contributed by atoms with E-state index in [0.717, 1.165) is 29.8 Å². The Morgan fingerprint density at radius 3 is 3.07 bits per heavy atom. The Labute approximate surface area is 167 Å². The van der Waals surface area contributed by atoms with Crippen molar-refractivity contribution < 1.29 is 9.90 Å². The molecule has 28 heavy (non-hydrogen) atoms. The van der Waals surface area contributed by atoms with Crippen molar-refractivity contribution in [3.05, 3.63) is 47.6 Å². The highest BCUT2D eigenvalue weighted by molar-refractivity contribution is 7.13. The smallest absolute Gasteiger partial charge is 0.254 e. The van der Waals surface area contributed by atoms with Crippen LogP contribution >= 0.6 is 11.3 Å². The number of thiophene rings is 1. The first-order valence-electron chi connectivity index (χ1n) is 9.64. The van der Waals surface area contributed by atoms with Crippen molar-refractivity contribution in [2.45, 2.75) is 37.3 Å². The van der Waals surface area contributed by atoms with E-state index in [1.165, 1.54) is 0 Å². The number of hydrogen-bond donors (Lipinski definition) is 2. The van der Waals surface area contributed by atoms with Crippen LogP contribution in [0.5, 0.6) is 0 Å². The zero-order valence-electron chi connectivity index (χ0n) is 15.7. The van der Waals surface area contributed by atoms with Crippen molar-refractivity contribution in [3.8, 4) is 10.4 Å². The van der Waals surface area contributed by atoms with Crippen LogP contribution in [0.3, 0.4) is 0 Å². The summed E-state index contributed by atoms with van der Waals surface area (Å²) < 4.78 is 1.89. The molecule has 4 heterocycles.